The Hall–Kier alpha value is -1.54. The largest absolute Gasteiger partial charge is 0.480 e. The molecule has 26 heavy (non-hydrogen) atoms. The van der Waals surface area contributed by atoms with Crippen molar-refractivity contribution in [2.75, 3.05) is 12.4 Å². The number of carboxylic acids is 1. The summed E-state index contributed by atoms with van der Waals surface area (Å²) in [6, 6.07) is -2.54. The molecular formula is C13H22N2O9S2. The van der Waals surface area contributed by atoms with E-state index in [9.17, 15) is 27.6 Å². The van der Waals surface area contributed by atoms with Crippen molar-refractivity contribution in [3.63, 3.8) is 0 Å². The molecule has 0 unspecified atom stereocenters. The van der Waals surface area contributed by atoms with Gasteiger partial charge < -0.3 is 16.2 Å². The summed E-state index contributed by atoms with van der Waals surface area (Å²) >= 11 is 3.96. The number of rotatable bonds is 13. The summed E-state index contributed by atoms with van der Waals surface area (Å²) < 4.78 is 33.7. The number of Topliss-reactive ketones (excluding diaryl/α,β-unsaturated/α-hetero) is 2. The van der Waals surface area contributed by atoms with Crippen molar-refractivity contribution in [3.05, 3.63) is 0 Å². The monoisotopic (exact) mass is 414 g/mol. The van der Waals surface area contributed by atoms with Crippen LogP contribution in [0.25, 0.3) is 0 Å². The number of aliphatic carboxylic acids is 1. The zero-order valence-electron chi connectivity index (χ0n) is 14.0. The fourth-order valence-corrected chi connectivity index (χ4v) is 2.36. The molecule has 0 aromatic carbocycles. The van der Waals surface area contributed by atoms with Crippen LogP contribution >= 0.6 is 12.6 Å². The fourth-order valence-electron chi connectivity index (χ4n) is 1.76. The number of hydrogen-bond acceptors (Lipinski definition) is 9. The average Bonchev–Trinajstić information content (AvgIpc) is 2.52. The summed E-state index contributed by atoms with van der Waals surface area (Å²) in [5, 5.41) is 10.9. The normalized spacial score (nSPS) is 14.9. The second kappa shape index (κ2) is 11.2. The van der Waals surface area contributed by atoms with Gasteiger partial charge >= 0.3 is 16.4 Å². The first kappa shape index (κ1) is 24.5. The molecule has 0 radical (unpaired) electrons. The predicted octanol–water partition coefficient (Wildman–Crippen LogP) is -1.42. The lowest BCUT2D eigenvalue weighted by Crippen LogP contribution is -2.46. The quantitative estimate of drug-likeness (QED) is 0.176. The molecule has 0 heterocycles. The van der Waals surface area contributed by atoms with Gasteiger partial charge in [-0.25, -0.2) is 4.18 Å². The Balaban J connectivity index is 4.71. The zero-order chi connectivity index (χ0) is 20.5. The van der Waals surface area contributed by atoms with Crippen LogP contribution in [0.15, 0.2) is 0 Å². The Morgan fingerprint density at radius 3 is 2.27 bits per heavy atom. The number of amides is 1. The smallest absolute Gasteiger partial charge is 0.397 e. The lowest BCUT2D eigenvalue weighted by molar-refractivity contribution is -0.138. The van der Waals surface area contributed by atoms with Crippen molar-refractivity contribution >= 4 is 46.5 Å². The van der Waals surface area contributed by atoms with Gasteiger partial charge in [0, 0.05) is 18.6 Å². The highest BCUT2D eigenvalue weighted by Crippen LogP contribution is 2.11. The van der Waals surface area contributed by atoms with Gasteiger partial charge in [-0.3, -0.25) is 23.7 Å². The molecule has 0 aliphatic heterocycles. The van der Waals surface area contributed by atoms with Gasteiger partial charge in [-0.05, 0) is 13.3 Å². The molecule has 0 aliphatic carbocycles. The van der Waals surface area contributed by atoms with E-state index in [0.717, 1.165) is 6.92 Å². The van der Waals surface area contributed by atoms with Crippen LogP contribution in [-0.2, 0) is 33.8 Å². The standard InChI is InChI=1S/C13H22N2O9S2/c1-7(16)11(5-24-26(21,22)23)15-12(18)8(6-25)4-9(17)2-3-10(14)13(19)20/h8,10-11,25H,2-6,14H2,1H3,(H,15,18)(H,19,20)(H,21,22,23)/t8-,10-,11-/m0/s1. The molecule has 0 fully saturated rings. The molecule has 13 heteroatoms. The molecule has 0 rings (SSSR count). The Morgan fingerprint density at radius 2 is 1.85 bits per heavy atom. The number of ketones is 2. The van der Waals surface area contributed by atoms with E-state index in [2.05, 4.69) is 22.1 Å². The zero-order valence-corrected chi connectivity index (χ0v) is 15.7. The van der Waals surface area contributed by atoms with Gasteiger partial charge in [-0.2, -0.15) is 21.0 Å². The minimum atomic E-state index is -4.79. The molecule has 3 atom stereocenters. The second-order valence-electron chi connectivity index (χ2n) is 5.49. The van der Waals surface area contributed by atoms with Gasteiger partial charge in [0.05, 0.1) is 12.5 Å². The molecule has 0 bridgehead atoms. The first-order valence-electron chi connectivity index (χ1n) is 7.41. The third kappa shape index (κ3) is 10.5. The van der Waals surface area contributed by atoms with Crippen LogP contribution in [0.5, 0.6) is 0 Å². The Morgan fingerprint density at radius 1 is 1.27 bits per heavy atom. The van der Waals surface area contributed by atoms with Crippen LogP contribution in [0.3, 0.4) is 0 Å². The summed E-state index contributed by atoms with van der Waals surface area (Å²) in [6.45, 7) is 0.271. The minimum Gasteiger partial charge on any atom is -0.480 e. The molecule has 0 saturated heterocycles. The fraction of sp³-hybridized carbons (Fsp3) is 0.692. The van der Waals surface area contributed by atoms with Gasteiger partial charge in [0.25, 0.3) is 0 Å². The number of carbonyl (C=O) groups is 4. The predicted molar refractivity (Wildman–Crippen MR) is 91.9 cm³/mol. The minimum absolute atomic E-state index is 0.0493. The molecule has 0 aromatic heterocycles. The first-order valence-corrected chi connectivity index (χ1v) is 9.40. The number of nitrogens with two attached hydrogens (primary N) is 1. The molecule has 11 nitrogen and oxygen atoms in total. The summed E-state index contributed by atoms with van der Waals surface area (Å²) in [5.74, 6) is -4.01. The van der Waals surface area contributed by atoms with Gasteiger partial charge in [0.15, 0.2) is 5.78 Å². The Labute approximate surface area is 156 Å². The van der Waals surface area contributed by atoms with Crippen molar-refractivity contribution in [1.29, 1.82) is 0 Å². The van der Waals surface area contributed by atoms with E-state index in [4.69, 9.17) is 15.4 Å². The average molecular weight is 414 g/mol. The van der Waals surface area contributed by atoms with Crippen molar-refractivity contribution in [3.8, 4) is 0 Å². The topological polar surface area (TPSA) is 190 Å². The molecule has 0 spiro atoms. The lowest BCUT2D eigenvalue weighted by atomic mass is 9.99. The van der Waals surface area contributed by atoms with E-state index in [1.54, 1.807) is 0 Å². The summed E-state index contributed by atoms with van der Waals surface area (Å²) in [4.78, 5) is 46.0. The summed E-state index contributed by atoms with van der Waals surface area (Å²) in [7, 11) is -4.79. The van der Waals surface area contributed by atoms with Crippen molar-refractivity contribution in [2.24, 2.45) is 11.7 Å². The molecule has 0 aliphatic rings. The van der Waals surface area contributed by atoms with Crippen molar-refractivity contribution < 1.29 is 41.4 Å². The maximum absolute atomic E-state index is 12.1. The summed E-state index contributed by atoms with van der Waals surface area (Å²) in [5.41, 5.74) is 5.29. The highest BCUT2D eigenvalue weighted by Gasteiger charge is 2.26. The van der Waals surface area contributed by atoms with Crippen molar-refractivity contribution in [2.45, 2.75) is 38.3 Å². The molecular weight excluding hydrogens is 392 g/mol. The lowest BCUT2D eigenvalue weighted by Gasteiger charge is -2.19. The first-order chi connectivity index (χ1) is 11.9. The Kier molecular flexibility index (Phi) is 10.6. The molecule has 150 valence electrons. The number of carboxylic acid groups (broad SMARTS) is 1. The van der Waals surface area contributed by atoms with Crippen LogP contribution in [0, 0.1) is 5.92 Å². The van der Waals surface area contributed by atoms with Crippen LogP contribution in [0.1, 0.15) is 26.2 Å². The number of nitrogens with one attached hydrogen (secondary N) is 1. The third-order valence-corrected chi connectivity index (χ3v) is 4.18. The highest BCUT2D eigenvalue weighted by atomic mass is 32.3. The van der Waals surface area contributed by atoms with E-state index < -0.39 is 58.5 Å². The molecule has 1 amide bonds. The maximum atomic E-state index is 12.1. The van der Waals surface area contributed by atoms with Gasteiger partial charge in [0.1, 0.15) is 17.9 Å². The van der Waals surface area contributed by atoms with Crippen LogP contribution in [-0.4, -0.2) is 66.0 Å². The molecule has 0 aromatic rings. The van der Waals surface area contributed by atoms with E-state index in [1.165, 1.54) is 0 Å². The van der Waals surface area contributed by atoms with Gasteiger partial charge in [0.2, 0.25) is 5.91 Å². The Bertz CT molecular complexity index is 636. The summed E-state index contributed by atoms with van der Waals surface area (Å²) in [6.07, 6.45) is -0.494. The SMILES string of the molecule is CC(=O)[C@H](COS(=O)(=O)O)NC(=O)[C@H](CS)CC(=O)CC[C@H](N)C(=O)O. The van der Waals surface area contributed by atoms with Crippen LogP contribution < -0.4 is 11.1 Å². The molecule has 5 N–H and O–H groups in total. The second-order valence-corrected chi connectivity index (χ2v) is 6.95. The molecule has 0 saturated carbocycles. The van der Waals surface area contributed by atoms with Gasteiger partial charge in [-0.1, -0.05) is 0 Å². The van der Waals surface area contributed by atoms with Gasteiger partial charge in [-0.15, -0.1) is 0 Å². The van der Waals surface area contributed by atoms with E-state index >= 15 is 0 Å². The number of carbonyl (C=O) groups excluding carboxylic acids is 3. The highest BCUT2D eigenvalue weighted by molar-refractivity contribution is 7.80. The number of thiol groups is 1. The van der Waals surface area contributed by atoms with Crippen molar-refractivity contribution in [1.82, 2.24) is 5.32 Å². The van der Waals surface area contributed by atoms with Crippen LogP contribution in [0.2, 0.25) is 0 Å². The third-order valence-electron chi connectivity index (χ3n) is 3.31. The maximum Gasteiger partial charge on any atom is 0.397 e. The van der Waals surface area contributed by atoms with E-state index in [1.807, 2.05) is 0 Å². The number of hydrogen-bond donors (Lipinski definition) is 5. The van der Waals surface area contributed by atoms with E-state index in [0.29, 0.717) is 0 Å². The van der Waals surface area contributed by atoms with E-state index in [-0.39, 0.29) is 25.0 Å². The van der Waals surface area contributed by atoms with Crippen LogP contribution in [0.4, 0.5) is 0 Å².